The minimum atomic E-state index is -4.56. The van der Waals surface area contributed by atoms with Gasteiger partial charge in [-0.05, 0) is 18.6 Å². The lowest BCUT2D eigenvalue weighted by Gasteiger charge is -2.11. The molecule has 1 rings (SSSR count). The van der Waals surface area contributed by atoms with Crippen LogP contribution in [-0.4, -0.2) is 11.3 Å². The molecule has 5 heteroatoms. The van der Waals surface area contributed by atoms with E-state index in [0.29, 0.717) is 0 Å². The molecule has 1 nitrogen and oxygen atoms in total. The number of thiophene rings is 1. The predicted octanol–water partition coefficient (Wildman–Crippen LogP) is 3.30. The van der Waals surface area contributed by atoms with E-state index in [1.807, 2.05) is 6.92 Å². The molecule has 0 aliphatic carbocycles. The van der Waals surface area contributed by atoms with Crippen LogP contribution in [0.3, 0.4) is 0 Å². The molecule has 0 radical (unpaired) electrons. The van der Waals surface area contributed by atoms with Gasteiger partial charge in [0.05, 0.1) is 0 Å². The molecule has 1 N–H and O–H groups in total. The molecule has 1 heterocycles. The van der Waals surface area contributed by atoms with Gasteiger partial charge in [0.1, 0.15) is 0 Å². The molecule has 1 aromatic rings. The molecule has 0 bridgehead atoms. The molecule has 0 amide bonds. The summed E-state index contributed by atoms with van der Waals surface area (Å²) in [6.07, 6.45) is -5.25. The second-order valence-electron chi connectivity index (χ2n) is 3.00. The average molecular weight is 224 g/mol. The summed E-state index contributed by atoms with van der Waals surface area (Å²) in [5.41, 5.74) is 0. The summed E-state index contributed by atoms with van der Waals surface area (Å²) >= 11 is 1.02. The minimum Gasteiger partial charge on any atom is -0.379 e. The number of hydrogen-bond acceptors (Lipinski definition) is 2. The van der Waals surface area contributed by atoms with Crippen LogP contribution in [0.25, 0.3) is 0 Å². The van der Waals surface area contributed by atoms with Crippen LogP contribution in [0, 0.1) is 0 Å². The first-order chi connectivity index (χ1) is 6.45. The topological polar surface area (TPSA) is 20.2 Å². The molecule has 80 valence electrons. The van der Waals surface area contributed by atoms with E-state index in [-0.39, 0.29) is 4.88 Å². The number of alkyl halides is 3. The molecule has 14 heavy (non-hydrogen) atoms. The lowest BCUT2D eigenvalue weighted by Crippen LogP contribution is -2.18. The van der Waals surface area contributed by atoms with Crippen LogP contribution in [-0.2, 0) is 6.42 Å². The van der Waals surface area contributed by atoms with E-state index in [2.05, 4.69) is 0 Å². The number of aliphatic hydroxyl groups excluding tert-OH is 1. The number of aryl methyl sites for hydroxylation is 1. The Morgan fingerprint density at radius 1 is 1.43 bits per heavy atom. The number of aliphatic hydroxyl groups is 1. The first-order valence-electron chi connectivity index (χ1n) is 4.28. The molecule has 0 aliphatic heterocycles. The Labute approximate surface area is 84.2 Å². The van der Waals surface area contributed by atoms with Crippen LogP contribution in [0.4, 0.5) is 13.2 Å². The van der Waals surface area contributed by atoms with Crippen molar-refractivity contribution in [2.45, 2.75) is 32.0 Å². The summed E-state index contributed by atoms with van der Waals surface area (Å²) < 4.78 is 36.3. The van der Waals surface area contributed by atoms with Crippen molar-refractivity contribution >= 4 is 11.3 Å². The van der Waals surface area contributed by atoms with Crippen LogP contribution in [0.5, 0.6) is 0 Å². The van der Waals surface area contributed by atoms with E-state index in [1.54, 1.807) is 6.07 Å². The SMILES string of the molecule is CCCc1ccc(C(O)C(F)(F)F)s1. The van der Waals surface area contributed by atoms with Crippen molar-refractivity contribution in [2.24, 2.45) is 0 Å². The average Bonchev–Trinajstić information content (AvgIpc) is 2.50. The molecule has 0 fully saturated rings. The minimum absolute atomic E-state index is 0.0269. The molecular formula is C9H11F3OS. The Morgan fingerprint density at radius 3 is 2.57 bits per heavy atom. The van der Waals surface area contributed by atoms with Gasteiger partial charge in [-0.3, -0.25) is 0 Å². The maximum Gasteiger partial charge on any atom is 0.419 e. The second-order valence-corrected chi connectivity index (χ2v) is 4.20. The smallest absolute Gasteiger partial charge is 0.379 e. The fourth-order valence-corrected chi connectivity index (χ4v) is 2.21. The Morgan fingerprint density at radius 2 is 2.07 bits per heavy atom. The van der Waals surface area contributed by atoms with Crippen LogP contribution < -0.4 is 0 Å². The van der Waals surface area contributed by atoms with Gasteiger partial charge in [0.15, 0.2) is 6.10 Å². The molecule has 0 aliphatic rings. The zero-order valence-electron chi connectivity index (χ0n) is 7.64. The third-order valence-corrected chi connectivity index (χ3v) is 2.96. The first kappa shape index (κ1) is 11.5. The van der Waals surface area contributed by atoms with E-state index < -0.39 is 12.3 Å². The summed E-state index contributed by atoms with van der Waals surface area (Å²) in [5, 5.41) is 8.92. The zero-order valence-corrected chi connectivity index (χ0v) is 8.45. The fraction of sp³-hybridized carbons (Fsp3) is 0.556. The van der Waals surface area contributed by atoms with Crippen LogP contribution >= 0.6 is 11.3 Å². The highest BCUT2D eigenvalue weighted by molar-refractivity contribution is 7.12. The molecule has 0 aromatic carbocycles. The first-order valence-corrected chi connectivity index (χ1v) is 5.10. The largest absolute Gasteiger partial charge is 0.419 e. The Hall–Kier alpha value is -0.550. The fourth-order valence-electron chi connectivity index (χ4n) is 1.08. The number of rotatable bonds is 3. The lowest BCUT2D eigenvalue weighted by atomic mass is 10.2. The third kappa shape index (κ3) is 2.72. The monoisotopic (exact) mass is 224 g/mol. The zero-order chi connectivity index (χ0) is 10.8. The van der Waals surface area contributed by atoms with E-state index in [9.17, 15) is 13.2 Å². The maximum absolute atomic E-state index is 12.1. The van der Waals surface area contributed by atoms with Gasteiger partial charge in [0.2, 0.25) is 0 Å². The standard InChI is InChI=1S/C9H11F3OS/c1-2-3-6-4-5-7(14-6)8(13)9(10,11)12/h4-5,8,13H,2-3H2,1H3. The van der Waals surface area contributed by atoms with E-state index in [4.69, 9.17) is 5.11 Å². The molecule has 1 atom stereocenters. The van der Waals surface area contributed by atoms with Crippen molar-refractivity contribution in [1.82, 2.24) is 0 Å². The normalized spacial score (nSPS) is 14.4. The van der Waals surface area contributed by atoms with Crippen LogP contribution in [0.2, 0.25) is 0 Å². The summed E-state index contributed by atoms with van der Waals surface area (Å²) in [4.78, 5) is 0.853. The van der Waals surface area contributed by atoms with Gasteiger partial charge >= 0.3 is 6.18 Å². The molecule has 0 spiro atoms. The van der Waals surface area contributed by atoms with Crippen molar-refractivity contribution in [2.75, 3.05) is 0 Å². The highest BCUT2D eigenvalue weighted by atomic mass is 32.1. The summed E-state index contributed by atoms with van der Waals surface area (Å²) in [7, 11) is 0. The highest BCUT2D eigenvalue weighted by Gasteiger charge is 2.40. The van der Waals surface area contributed by atoms with Gasteiger partial charge < -0.3 is 5.11 Å². The molecule has 1 aromatic heterocycles. The number of halogens is 3. The predicted molar refractivity (Wildman–Crippen MR) is 49.3 cm³/mol. The van der Waals surface area contributed by atoms with Gasteiger partial charge in [-0.2, -0.15) is 13.2 Å². The van der Waals surface area contributed by atoms with Gasteiger partial charge in [-0.25, -0.2) is 0 Å². The van der Waals surface area contributed by atoms with Crippen molar-refractivity contribution in [3.8, 4) is 0 Å². The molecular weight excluding hydrogens is 213 g/mol. The van der Waals surface area contributed by atoms with Gasteiger partial charge in [-0.15, -0.1) is 11.3 Å². The van der Waals surface area contributed by atoms with Crippen LogP contribution in [0.1, 0.15) is 29.2 Å². The van der Waals surface area contributed by atoms with Crippen molar-refractivity contribution in [3.63, 3.8) is 0 Å². The highest BCUT2D eigenvalue weighted by Crippen LogP contribution is 2.36. The molecule has 0 saturated carbocycles. The lowest BCUT2D eigenvalue weighted by molar-refractivity contribution is -0.205. The van der Waals surface area contributed by atoms with Crippen molar-refractivity contribution in [3.05, 3.63) is 21.9 Å². The Kier molecular flexibility index (Phi) is 3.55. The van der Waals surface area contributed by atoms with Gasteiger partial charge in [-0.1, -0.05) is 13.3 Å². The summed E-state index contributed by atoms with van der Waals surface area (Å²) in [5.74, 6) is 0. The molecule has 0 saturated heterocycles. The Bertz CT molecular complexity index is 292. The second kappa shape index (κ2) is 4.31. The summed E-state index contributed by atoms with van der Waals surface area (Å²) in [6.45, 7) is 1.96. The molecule has 1 unspecified atom stereocenters. The van der Waals surface area contributed by atoms with E-state index in [0.717, 1.165) is 29.1 Å². The van der Waals surface area contributed by atoms with E-state index in [1.165, 1.54) is 6.07 Å². The van der Waals surface area contributed by atoms with E-state index >= 15 is 0 Å². The van der Waals surface area contributed by atoms with Gasteiger partial charge in [0, 0.05) is 9.75 Å². The van der Waals surface area contributed by atoms with Crippen LogP contribution in [0.15, 0.2) is 12.1 Å². The summed E-state index contributed by atoms with van der Waals surface area (Å²) in [6, 6.07) is 2.98. The third-order valence-electron chi connectivity index (χ3n) is 1.76. The number of hydrogen-bond donors (Lipinski definition) is 1. The van der Waals surface area contributed by atoms with Gasteiger partial charge in [0.25, 0.3) is 0 Å². The quantitative estimate of drug-likeness (QED) is 0.835. The van der Waals surface area contributed by atoms with Crippen molar-refractivity contribution in [1.29, 1.82) is 0 Å². The van der Waals surface area contributed by atoms with Crippen molar-refractivity contribution < 1.29 is 18.3 Å². The Balaban J connectivity index is 2.76. The maximum atomic E-state index is 12.1.